The second-order valence-electron chi connectivity index (χ2n) is 5.26. The molecule has 0 atom stereocenters. The highest BCUT2D eigenvalue weighted by molar-refractivity contribution is 6.91. The van der Waals surface area contributed by atoms with Crippen LogP contribution in [0.2, 0.25) is 18.1 Å². The lowest BCUT2D eigenvalue weighted by Crippen LogP contribution is -2.42. The van der Waals surface area contributed by atoms with E-state index < -0.39 is 25.8 Å². The van der Waals surface area contributed by atoms with Crippen molar-refractivity contribution in [2.75, 3.05) is 0 Å². The summed E-state index contributed by atoms with van der Waals surface area (Å²) in [6.45, 7) is 9.35. The third-order valence-corrected chi connectivity index (χ3v) is 8.73. The molecule has 0 aromatic carbocycles. The zero-order valence-corrected chi connectivity index (χ0v) is 10.6. The molecule has 0 amide bonds. The SMILES string of the molecule is CC(C)(C)[Si](C)(C)C1=C(F)C(F)=[N+]=C1F. The summed E-state index contributed by atoms with van der Waals surface area (Å²) in [4.78, 5) is 0. The molecule has 0 aliphatic carbocycles. The first kappa shape index (κ1) is 12.3. The van der Waals surface area contributed by atoms with Gasteiger partial charge in [0.2, 0.25) is 0 Å². The quantitative estimate of drug-likeness (QED) is 0.489. The molecular formula is C10H15F3NSi+. The van der Waals surface area contributed by atoms with E-state index >= 15 is 0 Å². The average Bonchev–Trinajstić information content (AvgIpc) is 2.24. The van der Waals surface area contributed by atoms with Crippen LogP contribution in [0.25, 0.3) is 0 Å². The molecule has 0 unspecified atom stereocenters. The van der Waals surface area contributed by atoms with Crippen molar-refractivity contribution < 1.29 is 13.2 Å². The highest BCUT2D eigenvalue weighted by Gasteiger charge is 2.51. The highest BCUT2D eigenvalue weighted by Crippen LogP contribution is 2.43. The molecule has 0 saturated heterocycles. The number of nitrogens with zero attached hydrogens (tertiary/aromatic N) is 1. The van der Waals surface area contributed by atoms with Crippen LogP contribution in [0.4, 0.5) is 13.2 Å². The van der Waals surface area contributed by atoms with Gasteiger partial charge in [0.25, 0.3) is 5.83 Å². The molecule has 0 saturated carbocycles. The number of hydrogen-bond acceptors (Lipinski definition) is 0. The molecule has 1 nitrogen and oxygen atoms in total. The van der Waals surface area contributed by atoms with Crippen molar-refractivity contribution in [1.29, 1.82) is 0 Å². The van der Waals surface area contributed by atoms with Gasteiger partial charge < -0.3 is 0 Å². The van der Waals surface area contributed by atoms with Crippen LogP contribution in [-0.2, 0) is 0 Å². The lowest BCUT2D eigenvalue weighted by Gasteiger charge is -2.35. The maximum absolute atomic E-state index is 13.4. The topological polar surface area (TPSA) is 14.1 Å². The Bertz CT molecular complexity index is 395. The second-order valence-corrected chi connectivity index (χ2v) is 10.5. The van der Waals surface area contributed by atoms with Gasteiger partial charge in [0, 0.05) is 0 Å². The lowest BCUT2D eigenvalue weighted by atomic mass is 10.2. The zero-order chi connectivity index (χ0) is 12.0. The van der Waals surface area contributed by atoms with Gasteiger partial charge in [0.1, 0.15) is 13.3 Å². The molecular weight excluding hydrogens is 219 g/mol. The largest absolute Gasteiger partial charge is 0.520 e. The van der Waals surface area contributed by atoms with Gasteiger partial charge in [-0.1, -0.05) is 33.9 Å². The van der Waals surface area contributed by atoms with Gasteiger partial charge in [-0.3, -0.25) is 0 Å². The summed E-state index contributed by atoms with van der Waals surface area (Å²) in [6, 6.07) is 0. The van der Waals surface area contributed by atoms with Gasteiger partial charge in [0.15, 0.2) is 0 Å². The fraction of sp³-hybridized carbons (Fsp3) is 0.600. The van der Waals surface area contributed by atoms with Crippen LogP contribution in [0.3, 0.4) is 0 Å². The second kappa shape index (κ2) is 3.35. The van der Waals surface area contributed by atoms with Crippen LogP contribution in [0.15, 0.2) is 11.0 Å². The van der Waals surface area contributed by atoms with Gasteiger partial charge in [-0.15, -0.1) is 8.78 Å². The summed E-state index contributed by atoms with van der Waals surface area (Å²) in [5, 5.41) is -0.385. The summed E-state index contributed by atoms with van der Waals surface area (Å²) < 4.78 is 42.5. The number of halogens is 3. The van der Waals surface area contributed by atoms with Crippen LogP contribution >= 0.6 is 0 Å². The minimum absolute atomic E-state index is 0.132. The molecule has 0 N–H and O–H groups in total. The van der Waals surface area contributed by atoms with E-state index in [1.165, 1.54) is 0 Å². The summed E-state index contributed by atoms with van der Waals surface area (Å²) in [7, 11) is -2.40. The van der Waals surface area contributed by atoms with E-state index in [0.717, 1.165) is 0 Å². The molecule has 0 bridgehead atoms. The molecule has 0 aromatic heterocycles. The van der Waals surface area contributed by atoms with Gasteiger partial charge in [-0.05, 0) is 9.71 Å². The predicted octanol–water partition coefficient (Wildman–Crippen LogP) is 3.07. The van der Waals surface area contributed by atoms with E-state index in [0.29, 0.717) is 0 Å². The predicted molar refractivity (Wildman–Crippen MR) is 59.7 cm³/mol. The summed E-state index contributed by atoms with van der Waals surface area (Å²) >= 11 is 0. The maximum atomic E-state index is 13.4. The minimum Gasteiger partial charge on any atom is -0.195 e. The van der Waals surface area contributed by atoms with Gasteiger partial charge in [-0.2, -0.15) is 4.39 Å². The Morgan fingerprint density at radius 3 is 1.73 bits per heavy atom. The van der Waals surface area contributed by atoms with Crippen molar-refractivity contribution in [3.05, 3.63) is 11.0 Å². The molecule has 1 aliphatic heterocycles. The number of hydrogen-bond donors (Lipinski definition) is 0. The first-order valence-corrected chi connectivity index (χ1v) is 7.76. The fourth-order valence-corrected chi connectivity index (χ4v) is 3.27. The number of allylic oxidation sites excluding steroid dienone is 2. The molecule has 1 heterocycles. The Hall–Kier alpha value is -0.803. The van der Waals surface area contributed by atoms with E-state index in [4.69, 9.17) is 0 Å². The zero-order valence-electron chi connectivity index (χ0n) is 9.58. The summed E-state index contributed by atoms with van der Waals surface area (Å²) in [6.07, 6.45) is 0. The van der Waals surface area contributed by atoms with Crippen LogP contribution in [0.1, 0.15) is 20.8 Å². The van der Waals surface area contributed by atoms with Crippen LogP contribution < -0.4 is 4.67 Å². The van der Waals surface area contributed by atoms with Gasteiger partial charge in [-0.25, -0.2) is 0 Å². The van der Waals surface area contributed by atoms with E-state index in [9.17, 15) is 13.2 Å². The molecule has 0 spiro atoms. The minimum atomic E-state index is -2.40. The van der Waals surface area contributed by atoms with Crippen LogP contribution in [-0.4, -0.2) is 20.0 Å². The van der Waals surface area contributed by atoms with Gasteiger partial charge >= 0.3 is 11.9 Å². The monoisotopic (exact) mass is 234 g/mol. The Morgan fingerprint density at radius 2 is 1.47 bits per heavy atom. The summed E-state index contributed by atoms with van der Waals surface area (Å²) in [5.41, 5.74) is 0. The molecule has 1 aliphatic rings. The molecule has 0 radical (unpaired) electrons. The third-order valence-electron chi connectivity index (χ3n) is 3.30. The van der Waals surface area contributed by atoms with E-state index in [-0.39, 0.29) is 10.2 Å². The molecule has 15 heavy (non-hydrogen) atoms. The van der Waals surface area contributed by atoms with E-state index in [1.807, 2.05) is 33.9 Å². The standard InChI is InChI=1S/C10H15F3NSi/c1-10(2,3)15(4,5)7-6(11)8(12)14-9(7)13/h1-5H3/q+1. The van der Waals surface area contributed by atoms with Crippen molar-refractivity contribution in [2.45, 2.75) is 38.9 Å². The molecule has 0 fully saturated rings. The van der Waals surface area contributed by atoms with E-state index in [1.54, 1.807) is 0 Å². The lowest BCUT2D eigenvalue weighted by molar-refractivity contribution is 0.638. The number of rotatable bonds is 1. The van der Waals surface area contributed by atoms with Crippen molar-refractivity contribution in [3.63, 3.8) is 0 Å². The van der Waals surface area contributed by atoms with Crippen molar-refractivity contribution in [2.24, 2.45) is 0 Å². The fourth-order valence-electron chi connectivity index (χ4n) is 1.29. The van der Waals surface area contributed by atoms with Gasteiger partial charge in [0.05, 0.1) is 0 Å². The molecule has 1 rings (SSSR count). The molecule has 84 valence electrons. The normalized spacial score (nSPS) is 18.1. The molecule has 0 aromatic rings. The van der Waals surface area contributed by atoms with Crippen molar-refractivity contribution in [1.82, 2.24) is 4.67 Å². The van der Waals surface area contributed by atoms with Crippen LogP contribution in [0.5, 0.6) is 0 Å². The third kappa shape index (κ3) is 1.81. The average molecular weight is 234 g/mol. The summed E-state index contributed by atoms with van der Waals surface area (Å²) in [5.74, 6) is -3.43. The molecule has 5 heteroatoms. The van der Waals surface area contributed by atoms with Crippen LogP contribution in [0, 0.1) is 0 Å². The Kier molecular flexibility index (Phi) is 2.74. The van der Waals surface area contributed by atoms with Crippen molar-refractivity contribution in [3.8, 4) is 0 Å². The first-order chi connectivity index (χ1) is 6.59. The first-order valence-electron chi connectivity index (χ1n) is 4.76. The van der Waals surface area contributed by atoms with Crippen molar-refractivity contribution >= 4 is 20.0 Å². The Balaban J connectivity index is 3.30. The Morgan fingerprint density at radius 1 is 1.00 bits per heavy atom. The smallest absolute Gasteiger partial charge is 0.195 e. The highest BCUT2D eigenvalue weighted by atomic mass is 28.3. The van der Waals surface area contributed by atoms with E-state index in [2.05, 4.69) is 4.67 Å². The maximum Gasteiger partial charge on any atom is 0.520 e. The Labute approximate surface area is 88.4 Å².